The highest BCUT2D eigenvalue weighted by Gasteiger charge is 2.30. The number of primary amides is 2. The molecule has 4 aromatic rings. The van der Waals surface area contributed by atoms with E-state index in [9.17, 15) is 14.4 Å². The summed E-state index contributed by atoms with van der Waals surface area (Å²) < 4.78 is 27.1. The molecule has 22 heteroatoms. The largest absolute Gasteiger partial charge is 0.481 e. The maximum atomic E-state index is 12.3. The number of anilines is 6. The Kier molecular flexibility index (Phi) is 16.9. The Hall–Kier alpha value is -6.65. The Labute approximate surface area is 378 Å². The van der Waals surface area contributed by atoms with Crippen molar-refractivity contribution >= 4 is 52.6 Å². The Balaban J connectivity index is 0.000000250. The normalized spacial score (nSPS) is 18.4. The fourth-order valence-electron chi connectivity index (χ4n) is 6.83. The SMILES string of the molecule is COc1nc(Nc2cc(N[C@@H]3CCOC[C@@H]3N)nnc2C(N)=O)ccc1C(C)C.COc1nc(Nc2cc(N[C@@H]3CCOC[C@@H]3NC(=O)OC(C)(C)C)nnc2C(N)=O)ccc1C(C)C. The highest BCUT2D eigenvalue weighted by Crippen LogP contribution is 2.30. The lowest BCUT2D eigenvalue weighted by Crippen LogP contribution is -2.53. The lowest BCUT2D eigenvalue weighted by atomic mass is 10.0. The molecule has 2 saturated heterocycles. The van der Waals surface area contributed by atoms with Crippen LogP contribution >= 0.6 is 0 Å². The van der Waals surface area contributed by atoms with Crippen molar-refractivity contribution in [1.29, 1.82) is 0 Å². The van der Waals surface area contributed by atoms with Gasteiger partial charge in [0.15, 0.2) is 23.0 Å². The molecule has 6 rings (SSSR count). The van der Waals surface area contributed by atoms with E-state index < -0.39 is 23.5 Å². The predicted octanol–water partition coefficient (Wildman–Crippen LogP) is 4.31. The Bertz CT molecular complexity index is 2270. The van der Waals surface area contributed by atoms with Gasteiger partial charge in [0.25, 0.3) is 11.8 Å². The summed E-state index contributed by atoms with van der Waals surface area (Å²) in [5.41, 5.74) is 19.1. The first-order valence-electron chi connectivity index (χ1n) is 21.3. The van der Waals surface area contributed by atoms with Crippen LogP contribution in [0.5, 0.6) is 11.8 Å². The van der Waals surface area contributed by atoms with Gasteiger partial charge in [-0.2, -0.15) is 9.97 Å². The maximum Gasteiger partial charge on any atom is 0.408 e. The highest BCUT2D eigenvalue weighted by molar-refractivity contribution is 5.98. The minimum Gasteiger partial charge on any atom is -0.481 e. The van der Waals surface area contributed by atoms with Crippen LogP contribution in [0.15, 0.2) is 36.4 Å². The number of rotatable bonds is 15. The second-order valence-corrected chi connectivity index (χ2v) is 17.0. The Morgan fingerprint density at radius 1 is 0.677 bits per heavy atom. The smallest absolute Gasteiger partial charge is 0.408 e. The van der Waals surface area contributed by atoms with E-state index in [1.165, 1.54) is 0 Å². The molecule has 0 unspecified atom stereocenters. The molecular formula is C43H62N14O8. The van der Waals surface area contributed by atoms with Gasteiger partial charge in [-0.15, -0.1) is 20.4 Å². The summed E-state index contributed by atoms with van der Waals surface area (Å²) in [6, 6.07) is 9.98. The van der Waals surface area contributed by atoms with Gasteiger partial charge < -0.3 is 67.5 Å². The molecule has 0 saturated carbocycles. The summed E-state index contributed by atoms with van der Waals surface area (Å²) >= 11 is 0. The number of nitrogens with one attached hydrogen (secondary N) is 5. The molecule has 4 atom stereocenters. The zero-order chi connectivity index (χ0) is 47.4. The van der Waals surface area contributed by atoms with Gasteiger partial charge in [0.05, 0.1) is 50.9 Å². The monoisotopic (exact) mass is 902 g/mol. The van der Waals surface area contributed by atoms with Crippen LogP contribution in [-0.4, -0.2) is 119 Å². The fraction of sp³-hybridized carbons (Fsp3) is 0.512. The van der Waals surface area contributed by atoms with Crippen molar-refractivity contribution < 1.29 is 38.1 Å². The van der Waals surface area contributed by atoms with Crippen molar-refractivity contribution in [3.05, 3.63) is 58.9 Å². The molecule has 2 aliphatic rings. The number of amides is 3. The number of alkyl carbamates (subject to hydrolysis) is 1. The molecule has 4 aromatic heterocycles. The lowest BCUT2D eigenvalue weighted by Gasteiger charge is -2.33. The van der Waals surface area contributed by atoms with E-state index >= 15 is 0 Å². The number of carbonyl (C=O) groups is 3. The second-order valence-electron chi connectivity index (χ2n) is 17.0. The predicted molar refractivity (Wildman–Crippen MR) is 244 cm³/mol. The summed E-state index contributed by atoms with van der Waals surface area (Å²) in [5.74, 6) is 1.86. The number of hydrogen-bond acceptors (Lipinski definition) is 19. The number of nitrogens with two attached hydrogens (primary N) is 3. The fourth-order valence-corrected chi connectivity index (χ4v) is 6.83. The van der Waals surface area contributed by atoms with E-state index in [4.69, 9.17) is 40.9 Å². The van der Waals surface area contributed by atoms with Crippen molar-refractivity contribution in [2.24, 2.45) is 17.2 Å². The Morgan fingerprint density at radius 3 is 1.57 bits per heavy atom. The van der Waals surface area contributed by atoms with Crippen molar-refractivity contribution in [1.82, 2.24) is 35.7 Å². The molecule has 0 aliphatic carbocycles. The molecule has 2 aliphatic heterocycles. The average Bonchev–Trinajstić information content (AvgIpc) is 3.24. The third kappa shape index (κ3) is 13.9. The summed E-state index contributed by atoms with van der Waals surface area (Å²) in [6.45, 7) is 15.5. The maximum absolute atomic E-state index is 12.3. The average molecular weight is 903 g/mol. The highest BCUT2D eigenvalue weighted by atomic mass is 16.6. The van der Waals surface area contributed by atoms with Crippen LogP contribution < -0.4 is 53.3 Å². The van der Waals surface area contributed by atoms with Gasteiger partial charge in [-0.3, -0.25) is 9.59 Å². The zero-order valence-electron chi connectivity index (χ0n) is 38.4. The van der Waals surface area contributed by atoms with E-state index in [1.807, 2.05) is 32.0 Å². The topological polar surface area (TPSA) is 313 Å². The minimum absolute atomic E-state index is 0.00567. The van der Waals surface area contributed by atoms with Crippen LogP contribution in [0.4, 0.5) is 39.4 Å². The van der Waals surface area contributed by atoms with Gasteiger partial charge in [-0.1, -0.05) is 27.7 Å². The summed E-state index contributed by atoms with van der Waals surface area (Å²) in [7, 11) is 3.12. The molecule has 0 aromatic carbocycles. The van der Waals surface area contributed by atoms with Crippen LogP contribution in [0, 0.1) is 0 Å². The molecule has 3 amide bonds. The molecule has 65 heavy (non-hydrogen) atoms. The van der Waals surface area contributed by atoms with Crippen LogP contribution in [0.1, 0.15) is 105 Å². The van der Waals surface area contributed by atoms with E-state index in [1.54, 1.807) is 53.2 Å². The number of nitrogens with zero attached hydrogens (tertiary/aromatic N) is 6. The first kappa shape index (κ1) is 49.4. The standard InChI is InChI=1S/C24H35N7O5.C19H27N7O3/c1-13(2)14-7-8-18(29-22(14)34-6)27-16-11-19(30-31-20(16)21(25)32)26-15-9-10-35-12-17(15)28-23(33)36-24(3,4)5;1-10(2)11-4-5-15(24-19(11)28-3)23-14-8-16(25-26-17(14)18(21)27)22-13-6-7-29-9-12(13)20/h7-8,11,13,15,17H,9-10,12H2,1-6H3,(H2,25,32)(H,28,33)(H2,26,27,29,30);4-5,8,10,12-13H,6-7,9,20H2,1-3H3,(H2,21,27)(H2,22,23,24,25)/t15-,17+;12-,13+/m10/s1. The number of methoxy groups -OCH3 is 2. The third-order valence-electron chi connectivity index (χ3n) is 10.1. The quantitative estimate of drug-likeness (QED) is 0.0824. The third-order valence-corrected chi connectivity index (χ3v) is 10.1. The first-order chi connectivity index (χ1) is 30.8. The molecule has 6 heterocycles. The van der Waals surface area contributed by atoms with Crippen molar-refractivity contribution in [2.75, 3.05) is 61.9 Å². The molecule has 0 spiro atoms. The molecule has 2 fully saturated rings. The molecule has 0 radical (unpaired) electrons. The number of pyridine rings is 2. The first-order valence-corrected chi connectivity index (χ1v) is 21.3. The molecule has 22 nitrogen and oxygen atoms in total. The molecule has 11 N–H and O–H groups in total. The summed E-state index contributed by atoms with van der Waals surface area (Å²) in [6.07, 6.45) is 0.823. The summed E-state index contributed by atoms with van der Waals surface area (Å²) in [4.78, 5) is 45.1. The zero-order valence-corrected chi connectivity index (χ0v) is 38.4. The van der Waals surface area contributed by atoms with Gasteiger partial charge in [0.2, 0.25) is 11.8 Å². The van der Waals surface area contributed by atoms with E-state index in [0.29, 0.717) is 79.3 Å². The minimum atomic E-state index is -0.738. The van der Waals surface area contributed by atoms with Gasteiger partial charge in [-0.05, 0) is 69.7 Å². The van der Waals surface area contributed by atoms with Crippen LogP contribution in [0.2, 0.25) is 0 Å². The van der Waals surface area contributed by atoms with Crippen LogP contribution in [-0.2, 0) is 14.2 Å². The van der Waals surface area contributed by atoms with Gasteiger partial charge in [0, 0.05) is 48.6 Å². The lowest BCUT2D eigenvalue weighted by molar-refractivity contribution is 0.0317. The van der Waals surface area contributed by atoms with Crippen LogP contribution in [0.3, 0.4) is 0 Å². The van der Waals surface area contributed by atoms with Crippen molar-refractivity contribution in [2.45, 2.75) is 103 Å². The number of aromatic nitrogens is 6. The van der Waals surface area contributed by atoms with Gasteiger partial charge in [0.1, 0.15) is 17.2 Å². The Morgan fingerprint density at radius 2 is 1.14 bits per heavy atom. The number of ether oxygens (including phenoxy) is 5. The number of carbonyl (C=O) groups excluding carboxylic acids is 3. The van der Waals surface area contributed by atoms with E-state index in [2.05, 4.69) is 70.8 Å². The number of hydrogen-bond donors (Lipinski definition) is 8. The summed E-state index contributed by atoms with van der Waals surface area (Å²) in [5, 5.41) is 31.7. The van der Waals surface area contributed by atoms with Crippen LogP contribution in [0.25, 0.3) is 0 Å². The van der Waals surface area contributed by atoms with E-state index in [-0.39, 0.29) is 47.4 Å². The second kappa shape index (κ2) is 22.3. The molecule has 352 valence electrons. The van der Waals surface area contributed by atoms with Crippen molar-refractivity contribution in [3.63, 3.8) is 0 Å². The van der Waals surface area contributed by atoms with Crippen molar-refractivity contribution in [3.8, 4) is 11.8 Å². The van der Waals surface area contributed by atoms with Gasteiger partial charge in [-0.25, -0.2) is 4.79 Å². The molecular weight excluding hydrogens is 841 g/mol. The molecule has 0 bridgehead atoms. The van der Waals surface area contributed by atoms with Gasteiger partial charge >= 0.3 is 6.09 Å². The van der Waals surface area contributed by atoms with E-state index in [0.717, 1.165) is 17.5 Å².